The van der Waals surface area contributed by atoms with Crippen molar-refractivity contribution in [2.75, 3.05) is 0 Å². The molecule has 4 rings (SSSR count). The van der Waals surface area contributed by atoms with Gasteiger partial charge in [-0.3, -0.25) is 0 Å². The van der Waals surface area contributed by atoms with Gasteiger partial charge in [0.1, 0.15) is 0 Å². The molecular formula is C17H13NSe. The van der Waals surface area contributed by atoms with Crippen LogP contribution in [-0.4, -0.2) is 19.5 Å². The fraction of sp³-hybridized carbons (Fsp3) is 0.118. The summed E-state index contributed by atoms with van der Waals surface area (Å²) in [6.45, 7) is 4.49. The van der Waals surface area contributed by atoms with Crippen molar-refractivity contribution in [1.29, 1.82) is 0 Å². The molecule has 0 saturated heterocycles. The topological polar surface area (TPSA) is 12.9 Å². The van der Waals surface area contributed by atoms with E-state index in [1.165, 1.54) is 36.9 Å². The maximum absolute atomic E-state index is 4.30. The van der Waals surface area contributed by atoms with Crippen LogP contribution in [0.1, 0.15) is 11.1 Å². The van der Waals surface area contributed by atoms with E-state index in [4.69, 9.17) is 0 Å². The summed E-state index contributed by atoms with van der Waals surface area (Å²) in [5, 5.41) is 5.56. The second kappa shape index (κ2) is 3.93. The summed E-state index contributed by atoms with van der Waals surface area (Å²) in [7, 11) is 0. The zero-order valence-electron chi connectivity index (χ0n) is 10.9. The second-order valence-corrected chi connectivity index (χ2v) is 7.18. The van der Waals surface area contributed by atoms with Gasteiger partial charge in [-0.2, -0.15) is 0 Å². The first-order valence-electron chi connectivity index (χ1n) is 6.41. The van der Waals surface area contributed by atoms with Gasteiger partial charge < -0.3 is 0 Å². The van der Waals surface area contributed by atoms with Crippen molar-refractivity contribution >= 4 is 44.6 Å². The molecule has 4 aromatic rings. The van der Waals surface area contributed by atoms with Gasteiger partial charge in [0.25, 0.3) is 0 Å². The quantitative estimate of drug-likeness (QED) is 0.443. The van der Waals surface area contributed by atoms with Crippen molar-refractivity contribution in [3.63, 3.8) is 0 Å². The molecule has 0 atom stereocenters. The fourth-order valence-electron chi connectivity index (χ4n) is 2.96. The van der Waals surface area contributed by atoms with Gasteiger partial charge in [-0.1, -0.05) is 0 Å². The first-order chi connectivity index (χ1) is 9.27. The predicted molar refractivity (Wildman–Crippen MR) is 83.2 cm³/mol. The molecule has 2 aromatic carbocycles. The van der Waals surface area contributed by atoms with Crippen LogP contribution in [0.3, 0.4) is 0 Å². The fourth-order valence-corrected chi connectivity index (χ4v) is 5.63. The van der Waals surface area contributed by atoms with Crippen molar-refractivity contribution in [1.82, 2.24) is 4.98 Å². The molecule has 92 valence electrons. The normalized spacial score (nSPS) is 11.7. The van der Waals surface area contributed by atoms with E-state index in [2.05, 4.69) is 49.2 Å². The second-order valence-electron chi connectivity index (χ2n) is 4.97. The summed E-state index contributed by atoms with van der Waals surface area (Å²) in [5.74, 6) is 0. The SMILES string of the molecule is Cc1c2ccncc2c(C)c2c1[se]c1ccccc12. The molecule has 0 N–H and O–H groups in total. The number of benzene rings is 2. The van der Waals surface area contributed by atoms with Crippen LogP contribution in [0.15, 0.2) is 42.7 Å². The van der Waals surface area contributed by atoms with Crippen molar-refractivity contribution < 1.29 is 0 Å². The molecule has 0 aliphatic heterocycles. The van der Waals surface area contributed by atoms with E-state index in [9.17, 15) is 0 Å². The molecule has 0 unspecified atom stereocenters. The van der Waals surface area contributed by atoms with Gasteiger partial charge in [0, 0.05) is 0 Å². The molecule has 0 amide bonds. The monoisotopic (exact) mass is 311 g/mol. The Morgan fingerprint density at radius 3 is 2.63 bits per heavy atom. The van der Waals surface area contributed by atoms with Crippen LogP contribution in [0.4, 0.5) is 0 Å². The van der Waals surface area contributed by atoms with Crippen LogP contribution >= 0.6 is 0 Å². The summed E-state index contributed by atoms with van der Waals surface area (Å²) in [6, 6.07) is 11.0. The summed E-state index contributed by atoms with van der Waals surface area (Å²) in [4.78, 5) is 4.30. The summed E-state index contributed by atoms with van der Waals surface area (Å²) in [6.07, 6.45) is 3.90. The third kappa shape index (κ3) is 1.44. The summed E-state index contributed by atoms with van der Waals surface area (Å²) >= 11 is 0.443. The third-order valence-corrected chi connectivity index (χ3v) is 6.65. The van der Waals surface area contributed by atoms with E-state index in [0.717, 1.165) is 0 Å². The number of nitrogens with zero attached hydrogens (tertiary/aromatic N) is 1. The summed E-state index contributed by atoms with van der Waals surface area (Å²) in [5.41, 5.74) is 2.82. The molecule has 2 heterocycles. The number of fused-ring (bicyclic) bond motifs is 4. The Kier molecular flexibility index (Phi) is 2.32. The molecule has 19 heavy (non-hydrogen) atoms. The van der Waals surface area contributed by atoms with E-state index in [1.54, 1.807) is 4.26 Å². The molecule has 0 saturated carbocycles. The number of pyridine rings is 1. The number of aryl methyl sites for hydroxylation is 2. The van der Waals surface area contributed by atoms with E-state index in [-0.39, 0.29) is 0 Å². The van der Waals surface area contributed by atoms with E-state index < -0.39 is 0 Å². The molecule has 0 bridgehead atoms. The van der Waals surface area contributed by atoms with Gasteiger partial charge in [0.2, 0.25) is 0 Å². The van der Waals surface area contributed by atoms with Crippen molar-refractivity contribution in [2.45, 2.75) is 13.8 Å². The Hall–Kier alpha value is -1.63. The van der Waals surface area contributed by atoms with Gasteiger partial charge in [0.05, 0.1) is 0 Å². The molecule has 2 heteroatoms. The van der Waals surface area contributed by atoms with E-state index >= 15 is 0 Å². The maximum atomic E-state index is 4.30. The van der Waals surface area contributed by atoms with Gasteiger partial charge >= 0.3 is 117 Å². The number of aromatic nitrogens is 1. The number of hydrogen-bond donors (Lipinski definition) is 0. The number of rotatable bonds is 0. The molecule has 0 fully saturated rings. The first-order valence-corrected chi connectivity index (χ1v) is 8.13. The zero-order chi connectivity index (χ0) is 13.0. The molecule has 2 aromatic heterocycles. The Bertz CT molecular complexity index is 934. The standard InChI is InChI=1S/C17H13NSe/c1-10-14-9-18-8-7-12(14)11(2)17-16(10)13-5-3-4-6-15(13)19-17/h3-9H,1-2H3. The van der Waals surface area contributed by atoms with Crippen LogP contribution in [0.25, 0.3) is 30.1 Å². The molecule has 0 radical (unpaired) electrons. The molecule has 0 spiro atoms. The van der Waals surface area contributed by atoms with Crippen molar-refractivity contribution in [2.24, 2.45) is 0 Å². The molecule has 0 aliphatic carbocycles. The van der Waals surface area contributed by atoms with E-state index in [0.29, 0.717) is 14.5 Å². The van der Waals surface area contributed by atoms with E-state index in [1.807, 2.05) is 12.4 Å². The Balaban J connectivity index is 2.39. The van der Waals surface area contributed by atoms with Gasteiger partial charge in [-0.25, -0.2) is 0 Å². The summed E-state index contributed by atoms with van der Waals surface area (Å²) < 4.78 is 3.07. The average Bonchev–Trinajstić information content (AvgIpc) is 2.84. The Morgan fingerprint density at radius 2 is 1.74 bits per heavy atom. The van der Waals surface area contributed by atoms with Gasteiger partial charge in [0.15, 0.2) is 0 Å². The van der Waals surface area contributed by atoms with Crippen molar-refractivity contribution in [3.05, 3.63) is 53.9 Å². The van der Waals surface area contributed by atoms with Crippen LogP contribution in [0.5, 0.6) is 0 Å². The van der Waals surface area contributed by atoms with Crippen LogP contribution in [-0.2, 0) is 0 Å². The number of hydrogen-bond acceptors (Lipinski definition) is 1. The molecular weight excluding hydrogens is 297 g/mol. The predicted octanol–water partition coefficient (Wildman–Crippen LogP) is 4.22. The Morgan fingerprint density at radius 1 is 0.895 bits per heavy atom. The molecule has 0 aliphatic rings. The zero-order valence-corrected chi connectivity index (χ0v) is 12.6. The minimum atomic E-state index is 0.443. The van der Waals surface area contributed by atoms with Crippen molar-refractivity contribution in [3.8, 4) is 0 Å². The van der Waals surface area contributed by atoms with Gasteiger partial charge in [-0.15, -0.1) is 0 Å². The van der Waals surface area contributed by atoms with Crippen LogP contribution in [0.2, 0.25) is 0 Å². The minimum absolute atomic E-state index is 0.443. The third-order valence-electron chi connectivity index (χ3n) is 3.94. The van der Waals surface area contributed by atoms with Crippen LogP contribution < -0.4 is 0 Å². The molecule has 1 nitrogen and oxygen atoms in total. The Labute approximate surface area is 117 Å². The van der Waals surface area contributed by atoms with Crippen LogP contribution in [0, 0.1) is 13.8 Å². The van der Waals surface area contributed by atoms with Gasteiger partial charge in [-0.05, 0) is 0 Å². The first kappa shape index (κ1) is 11.2. The average molecular weight is 310 g/mol.